The van der Waals surface area contributed by atoms with Crippen molar-refractivity contribution in [2.75, 3.05) is 20.8 Å². The molecule has 4 nitrogen and oxygen atoms in total. The molecule has 1 rings (SSSR count). The number of benzene rings is 1. The maximum Gasteiger partial charge on any atom is 0.165 e. The van der Waals surface area contributed by atoms with Gasteiger partial charge < -0.3 is 19.9 Å². The second kappa shape index (κ2) is 6.61. The minimum Gasteiger partial charge on any atom is -0.493 e. The van der Waals surface area contributed by atoms with Crippen LogP contribution in [-0.2, 0) is 6.54 Å². The summed E-state index contributed by atoms with van der Waals surface area (Å²) in [5, 5.41) is 13.1. The molecule has 0 spiro atoms. The van der Waals surface area contributed by atoms with Crippen molar-refractivity contribution >= 4 is 0 Å². The van der Waals surface area contributed by atoms with Crippen molar-refractivity contribution in [3.05, 3.63) is 23.8 Å². The summed E-state index contributed by atoms with van der Waals surface area (Å²) in [6.07, 6.45) is 0.642. The van der Waals surface area contributed by atoms with Gasteiger partial charge in [-0.05, 0) is 26.5 Å². The number of rotatable bonds is 7. The molecular weight excluding hydrogens is 230 g/mol. The van der Waals surface area contributed by atoms with Crippen LogP contribution < -0.4 is 14.8 Å². The molecule has 0 aromatic heterocycles. The van der Waals surface area contributed by atoms with Gasteiger partial charge in [-0.2, -0.15) is 0 Å². The molecule has 102 valence electrons. The zero-order valence-electron chi connectivity index (χ0n) is 11.6. The van der Waals surface area contributed by atoms with Gasteiger partial charge in [0.25, 0.3) is 0 Å². The first-order chi connectivity index (χ1) is 8.54. The highest BCUT2D eigenvalue weighted by Crippen LogP contribution is 2.31. The molecule has 1 aromatic rings. The van der Waals surface area contributed by atoms with E-state index in [1.807, 2.05) is 32.2 Å². The van der Waals surface area contributed by atoms with Gasteiger partial charge in [0.2, 0.25) is 0 Å². The van der Waals surface area contributed by atoms with Gasteiger partial charge in [0.05, 0.1) is 12.7 Å². The molecule has 0 amide bonds. The van der Waals surface area contributed by atoms with Crippen molar-refractivity contribution in [2.45, 2.75) is 32.4 Å². The highest BCUT2D eigenvalue weighted by molar-refractivity contribution is 5.46. The minimum absolute atomic E-state index is 0.251. The van der Waals surface area contributed by atoms with Crippen molar-refractivity contribution in [3.63, 3.8) is 0 Å². The normalized spacial score (nSPS) is 14.1. The van der Waals surface area contributed by atoms with Gasteiger partial charge in [0.1, 0.15) is 6.61 Å². The fourth-order valence-corrected chi connectivity index (χ4v) is 1.55. The number of nitrogens with one attached hydrogen (secondary N) is 1. The molecule has 1 aromatic carbocycles. The first-order valence-corrected chi connectivity index (χ1v) is 6.19. The van der Waals surface area contributed by atoms with Gasteiger partial charge in [-0.25, -0.2) is 0 Å². The largest absolute Gasteiger partial charge is 0.493 e. The van der Waals surface area contributed by atoms with Crippen molar-refractivity contribution in [1.82, 2.24) is 5.32 Å². The maximum absolute atomic E-state index is 9.99. The fourth-order valence-electron chi connectivity index (χ4n) is 1.55. The Morgan fingerprint density at radius 2 is 2.11 bits per heavy atom. The molecule has 0 bridgehead atoms. The minimum atomic E-state index is -0.822. The van der Waals surface area contributed by atoms with E-state index in [0.29, 0.717) is 24.5 Å². The second-order valence-corrected chi connectivity index (χ2v) is 4.62. The second-order valence-electron chi connectivity index (χ2n) is 4.62. The Morgan fingerprint density at radius 1 is 1.39 bits per heavy atom. The summed E-state index contributed by atoms with van der Waals surface area (Å²) >= 11 is 0. The van der Waals surface area contributed by atoms with Crippen LogP contribution in [0.4, 0.5) is 0 Å². The molecule has 4 heteroatoms. The fraction of sp³-hybridized carbons (Fsp3) is 0.571. The lowest BCUT2D eigenvalue weighted by Crippen LogP contribution is -2.31. The van der Waals surface area contributed by atoms with Crippen LogP contribution in [-0.4, -0.2) is 31.5 Å². The Labute approximate surface area is 109 Å². The van der Waals surface area contributed by atoms with Crippen LogP contribution in [0.2, 0.25) is 0 Å². The lowest BCUT2D eigenvalue weighted by Gasteiger charge is -2.23. The van der Waals surface area contributed by atoms with E-state index < -0.39 is 5.60 Å². The Balaban J connectivity index is 2.90. The summed E-state index contributed by atoms with van der Waals surface area (Å²) in [4.78, 5) is 0. The zero-order chi connectivity index (χ0) is 13.6. The van der Waals surface area contributed by atoms with Crippen LogP contribution >= 0.6 is 0 Å². The average Bonchev–Trinajstić information content (AvgIpc) is 2.37. The predicted molar refractivity (Wildman–Crippen MR) is 72.2 cm³/mol. The Kier molecular flexibility index (Phi) is 5.44. The molecule has 1 atom stereocenters. The van der Waals surface area contributed by atoms with E-state index in [2.05, 4.69) is 5.32 Å². The van der Waals surface area contributed by atoms with Crippen LogP contribution in [0, 0.1) is 0 Å². The van der Waals surface area contributed by atoms with Gasteiger partial charge in [0, 0.05) is 12.1 Å². The molecule has 1 unspecified atom stereocenters. The number of ether oxygens (including phenoxy) is 2. The van der Waals surface area contributed by atoms with Gasteiger partial charge >= 0.3 is 0 Å². The summed E-state index contributed by atoms with van der Waals surface area (Å²) in [6, 6.07) is 5.76. The molecule has 0 aliphatic carbocycles. The summed E-state index contributed by atoms with van der Waals surface area (Å²) in [5.41, 5.74) is 0.196. The monoisotopic (exact) mass is 253 g/mol. The predicted octanol–water partition coefficient (Wildman–Crippen LogP) is 1.95. The molecule has 0 radical (unpaired) electrons. The van der Waals surface area contributed by atoms with Crippen molar-refractivity contribution in [1.29, 1.82) is 0 Å². The molecule has 0 fully saturated rings. The number of para-hydroxylation sites is 1. The number of hydrogen-bond acceptors (Lipinski definition) is 4. The average molecular weight is 253 g/mol. The molecule has 18 heavy (non-hydrogen) atoms. The smallest absolute Gasteiger partial charge is 0.165 e. The summed E-state index contributed by atoms with van der Waals surface area (Å²) < 4.78 is 11.0. The number of hydrogen-bond donors (Lipinski definition) is 2. The van der Waals surface area contributed by atoms with Gasteiger partial charge in [-0.1, -0.05) is 19.1 Å². The van der Waals surface area contributed by atoms with Gasteiger partial charge in [-0.15, -0.1) is 0 Å². The van der Waals surface area contributed by atoms with E-state index in [1.165, 1.54) is 0 Å². The molecule has 2 N–H and O–H groups in total. The standard InChI is InChI=1S/C14H23NO3/c1-5-14(2,16)10-18-13-11(9-15-3)7-6-8-12(13)17-4/h6-8,15-16H,5,9-10H2,1-4H3. The van der Waals surface area contributed by atoms with E-state index in [4.69, 9.17) is 9.47 Å². The van der Waals surface area contributed by atoms with Crippen LogP contribution in [0.3, 0.4) is 0 Å². The van der Waals surface area contributed by atoms with Crippen molar-refractivity contribution < 1.29 is 14.6 Å². The third kappa shape index (κ3) is 3.89. The van der Waals surface area contributed by atoms with E-state index >= 15 is 0 Å². The summed E-state index contributed by atoms with van der Waals surface area (Å²) in [6.45, 7) is 4.64. The SMILES string of the molecule is CCC(C)(O)COc1c(CNC)cccc1OC. The van der Waals surface area contributed by atoms with Crippen molar-refractivity contribution in [2.24, 2.45) is 0 Å². The Bertz CT molecular complexity index is 377. The third-order valence-electron chi connectivity index (χ3n) is 2.94. The molecular formula is C14H23NO3. The van der Waals surface area contributed by atoms with E-state index in [-0.39, 0.29) is 6.61 Å². The van der Waals surface area contributed by atoms with Crippen LogP contribution in [0.1, 0.15) is 25.8 Å². The van der Waals surface area contributed by atoms with E-state index in [9.17, 15) is 5.11 Å². The molecule has 0 heterocycles. The van der Waals surface area contributed by atoms with Crippen LogP contribution in [0.5, 0.6) is 11.5 Å². The number of methoxy groups -OCH3 is 1. The topological polar surface area (TPSA) is 50.7 Å². The first kappa shape index (κ1) is 14.8. The highest BCUT2D eigenvalue weighted by atomic mass is 16.5. The molecule has 0 aliphatic heterocycles. The van der Waals surface area contributed by atoms with Crippen molar-refractivity contribution in [3.8, 4) is 11.5 Å². The summed E-state index contributed by atoms with van der Waals surface area (Å²) in [7, 11) is 3.49. The van der Waals surface area contributed by atoms with Gasteiger partial charge in [0.15, 0.2) is 11.5 Å². The Hall–Kier alpha value is -1.26. The van der Waals surface area contributed by atoms with Crippen LogP contribution in [0.25, 0.3) is 0 Å². The Morgan fingerprint density at radius 3 is 2.67 bits per heavy atom. The molecule has 0 aliphatic rings. The zero-order valence-corrected chi connectivity index (χ0v) is 11.6. The highest BCUT2D eigenvalue weighted by Gasteiger charge is 2.20. The lowest BCUT2D eigenvalue weighted by atomic mass is 10.1. The first-order valence-electron chi connectivity index (χ1n) is 6.19. The van der Waals surface area contributed by atoms with Crippen LogP contribution in [0.15, 0.2) is 18.2 Å². The van der Waals surface area contributed by atoms with E-state index in [1.54, 1.807) is 14.0 Å². The lowest BCUT2D eigenvalue weighted by molar-refractivity contribution is 0.00744. The molecule has 0 saturated carbocycles. The number of aliphatic hydroxyl groups is 1. The van der Waals surface area contributed by atoms with Gasteiger partial charge in [-0.3, -0.25) is 0 Å². The summed E-state index contributed by atoms with van der Waals surface area (Å²) in [5.74, 6) is 1.39. The third-order valence-corrected chi connectivity index (χ3v) is 2.94. The molecule has 0 saturated heterocycles. The van der Waals surface area contributed by atoms with E-state index in [0.717, 1.165) is 5.56 Å². The maximum atomic E-state index is 9.99. The quantitative estimate of drug-likeness (QED) is 0.780.